The maximum atomic E-state index is 12.6. The summed E-state index contributed by atoms with van der Waals surface area (Å²) >= 11 is 1.74. The van der Waals surface area contributed by atoms with Crippen LogP contribution in [0.2, 0.25) is 0 Å². The maximum absolute atomic E-state index is 12.6. The number of nitrogens with one attached hydrogen (secondary N) is 2. The number of thioether (sulfide) groups is 1. The van der Waals surface area contributed by atoms with Gasteiger partial charge < -0.3 is 19.8 Å². The average Bonchev–Trinajstić information content (AvgIpc) is 3.20. The lowest BCUT2D eigenvalue weighted by molar-refractivity contribution is 0.0955. The second kappa shape index (κ2) is 9.62. The van der Waals surface area contributed by atoms with E-state index in [2.05, 4.69) is 34.6 Å². The first-order chi connectivity index (χ1) is 15.2. The molecule has 0 aliphatic rings. The minimum Gasteiger partial charge on any atom is -0.497 e. The van der Waals surface area contributed by atoms with Gasteiger partial charge in [-0.15, -0.1) is 11.8 Å². The summed E-state index contributed by atoms with van der Waals surface area (Å²) in [6, 6.07) is 23.8. The molecule has 6 heteroatoms. The van der Waals surface area contributed by atoms with E-state index in [4.69, 9.17) is 9.47 Å². The monoisotopic (exact) mass is 432 g/mol. The van der Waals surface area contributed by atoms with Crippen molar-refractivity contribution in [2.45, 2.75) is 4.90 Å². The van der Waals surface area contributed by atoms with Gasteiger partial charge in [0.05, 0.1) is 19.9 Å². The molecule has 1 heterocycles. The number of ether oxygens (including phenoxy) is 2. The van der Waals surface area contributed by atoms with Crippen molar-refractivity contribution in [2.24, 2.45) is 0 Å². The van der Waals surface area contributed by atoms with Crippen LogP contribution in [0.3, 0.4) is 0 Å². The molecule has 4 rings (SSSR count). The largest absolute Gasteiger partial charge is 0.497 e. The van der Waals surface area contributed by atoms with Gasteiger partial charge in [0.25, 0.3) is 5.91 Å². The predicted molar refractivity (Wildman–Crippen MR) is 126 cm³/mol. The molecule has 31 heavy (non-hydrogen) atoms. The van der Waals surface area contributed by atoms with E-state index < -0.39 is 0 Å². The molecule has 2 N–H and O–H groups in total. The molecule has 4 aromatic rings. The van der Waals surface area contributed by atoms with Gasteiger partial charge in [0.15, 0.2) is 0 Å². The van der Waals surface area contributed by atoms with Crippen LogP contribution in [-0.4, -0.2) is 37.4 Å². The van der Waals surface area contributed by atoms with Crippen LogP contribution in [0.4, 0.5) is 0 Å². The third-order valence-corrected chi connectivity index (χ3v) is 6.09. The van der Waals surface area contributed by atoms with Gasteiger partial charge in [0.2, 0.25) is 0 Å². The van der Waals surface area contributed by atoms with Crippen molar-refractivity contribution in [2.75, 3.05) is 26.5 Å². The Morgan fingerprint density at radius 3 is 2.32 bits per heavy atom. The van der Waals surface area contributed by atoms with Gasteiger partial charge in [-0.2, -0.15) is 0 Å². The molecule has 3 aromatic carbocycles. The molecule has 0 fully saturated rings. The Labute approximate surface area is 185 Å². The predicted octanol–water partition coefficient (Wildman–Crippen LogP) is 5.37. The summed E-state index contributed by atoms with van der Waals surface area (Å²) in [6.07, 6.45) is 0. The second-order valence-corrected chi connectivity index (χ2v) is 8.05. The van der Waals surface area contributed by atoms with Crippen molar-refractivity contribution in [3.05, 3.63) is 78.4 Å². The highest BCUT2D eigenvalue weighted by Crippen LogP contribution is 2.37. The number of methoxy groups -OCH3 is 2. The smallest absolute Gasteiger partial charge is 0.251 e. The molecule has 0 atom stereocenters. The molecule has 0 unspecified atom stereocenters. The maximum Gasteiger partial charge on any atom is 0.251 e. The van der Waals surface area contributed by atoms with Gasteiger partial charge in [-0.3, -0.25) is 4.79 Å². The Kier molecular flexibility index (Phi) is 6.48. The van der Waals surface area contributed by atoms with Crippen LogP contribution in [-0.2, 0) is 0 Å². The zero-order chi connectivity index (χ0) is 21.6. The summed E-state index contributed by atoms with van der Waals surface area (Å²) in [6.45, 7) is 0.538. The number of fused-ring (bicyclic) bond motifs is 1. The minimum atomic E-state index is -0.153. The summed E-state index contributed by atoms with van der Waals surface area (Å²) in [5, 5.41) is 4.18. The van der Waals surface area contributed by atoms with Crippen LogP contribution in [0, 0.1) is 0 Å². The number of hydrogen-bond donors (Lipinski definition) is 2. The molecule has 0 radical (unpaired) electrons. The average molecular weight is 433 g/mol. The van der Waals surface area contributed by atoms with E-state index >= 15 is 0 Å². The number of aromatic nitrogens is 1. The van der Waals surface area contributed by atoms with Crippen LogP contribution in [0.15, 0.2) is 77.7 Å². The first-order valence-corrected chi connectivity index (χ1v) is 11.0. The molecule has 1 aromatic heterocycles. The zero-order valence-corrected chi connectivity index (χ0v) is 18.3. The number of H-pyrrole nitrogens is 1. The molecule has 1 amide bonds. The van der Waals surface area contributed by atoms with Gasteiger partial charge in [-0.05, 0) is 23.8 Å². The van der Waals surface area contributed by atoms with Crippen molar-refractivity contribution in [3.8, 4) is 22.8 Å². The summed E-state index contributed by atoms with van der Waals surface area (Å²) in [5.41, 5.74) is 3.87. The third-order valence-electron chi connectivity index (χ3n) is 4.97. The van der Waals surface area contributed by atoms with Gasteiger partial charge in [0, 0.05) is 39.7 Å². The summed E-state index contributed by atoms with van der Waals surface area (Å²) in [4.78, 5) is 17.3. The molecule has 0 bridgehead atoms. The Morgan fingerprint density at radius 1 is 0.935 bits per heavy atom. The van der Waals surface area contributed by atoms with Crippen LogP contribution < -0.4 is 14.8 Å². The first-order valence-electron chi connectivity index (χ1n) is 10.00. The number of amides is 1. The fourth-order valence-corrected chi connectivity index (χ4v) is 4.49. The van der Waals surface area contributed by atoms with Crippen molar-refractivity contribution < 1.29 is 14.3 Å². The van der Waals surface area contributed by atoms with E-state index in [0.717, 1.165) is 22.5 Å². The SMILES string of the molecule is COc1cc(OC)cc(C(=O)NCCSc2c(-c3ccccc3)[nH]c3ccccc23)c1. The first kappa shape index (κ1) is 20.9. The lowest BCUT2D eigenvalue weighted by atomic mass is 10.1. The van der Waals surface area contributed by atoms with Crippen molar-refractivity contribution in [1.29, 1.82) is 0 Å². The van der Waals surface area contributed by atoms with E-state index in [1.165, 1.54) is 10.3 Å². The second-order valence-electron chi connectivity index (χ2n) is 6.95. The Hall–Kier alpha value is -3.38. The lowest BCUT2D eigenvalue weighted by Crippen LogP contribution is -2.25. The van der Waals surface area contributed by atoms with Gasteiger partial charge in [-0.25, -0.2) is 0 Å². The highest BCUT2D eigenvalue weighted by Gasteiger charge is 2.14. The molecule has 158 valence electrons. The van der Waals surface area contributed by atoms with E-state index in [-0.39, 0.29) is 5.91 Å². The Morgan fingerprint density at radius 2 is 1.61 bits per heavy atom. The number of rotatable bonds is 8. The zero-order valence-electron chi connectivity index (χ0n) is 17.5. The van der Waals surface area contributed by atoms with Crippen LogP contribution >= 0.6 is 11.8 Å². The topological polar surface area (TPSA) is 63.4 Å². The standard InChI is InChI=1S/C25H24N2O3S/c1-29-19-14-18(15-20(16-19)30-2)25(28)26-12-13-31-24-21-10-6-7-11-22(21)27-23(24)17-8-4-3-5-9-17/h3-11,14-16,27H,12-13H2,1-2H3,(H,26,28). The van der Waals surface area contributed by atoms with Crippen LogP contribution in [0.1, 0.15) is 10.4 Å². The third kappa shape index (κ3) is 4.70. The molecule has 0 aliphatic carbocycles. The summed E-state index contributed by atoms with van der Waals surface area (Å²) < 4.78 is 10.5. The van der Waals surface area contributed by atoms with Gasteiger partial charge in [0.1, 0.15) is 11.5 Å². The molecule has 0 aliphatic heterocycles. The van der Waals surface area contributed by atoms with Crippen LogP contribution in [0.25, 0.3) is 22.2 Å². The van der Waals surface area contributed by atoms with E-state index in [9.17, 15) is 4.79 Å². The Bertz CT molecular complexity index is 1170. The summed E-state index contributed by atoms with van der Waals surface area (Å²) in [7, 11) is 3.14. The van der Waals surface area contributed by atoms with Crippen molar-refractivity contribution in [3.63, 3.8) is 0 Å². The fraction of sp³-hybridized carbons (Fsp3) is 0.160. The number of benzene rings is 3. The van der Waals surface area contributed by atoms with Gasteiger partial charge in [-0.1, -0.05) is 48.5 Å². The number of aromatic amines is 1. The molecule has 0 saturated heterocycles. The molecule has 0 saturated carbocycles. The Balaban J connectivity index is 1.46. The quantitative estimate of drug-likeness (QED) is 0.290. The molecule has 5 nitrogen and oxygen atoms in total. The number of hydrogen-bond acceptors (Lipinski definition) is 4. The molecular formula is C25H24N2O3S. The number of carbonyl (C=O) groups excluding carboxylic acids is 1. The normalized spacial score (nSPS) is 10.8. The molecular weight excluding hydrogens is 408 g/mol. The van der Waals surface area contributed by atoms with E-state index in [1.807, 2.05) is 30.3 Å². The van der Waals surface area contributed by atoms with Gasteiger partial charge >= 0.3 is 0 Å². The fourth-order valence-electron chi connectivity index (χ4n) is 3.43. The summed E-state index contributed by atoms with van der Waals surface area (Å²) in [5.74, 6) is 1.77. The van der Waals surface area contributed by atoms with Crippen molar-refractivity contribution in [1.82, 2.24) is 10.3 Å². The van der Waals surface area contributed by atoms with E-state index in [0.29, 0.717) is 23.6 Å². The highest BCUT2D eigenvalue weighted by molar-refractivity contribution is 7.99. The van der Waals surface area contributed by atoms with Crippen LogP contribution in [0.5, 0.6) is 11.5 Å². The number of para-hydroxylation sites is 1. The van der Waals surface area contributed by atoms with Crippen molar-refractivity contribution >= 4 is 28.6 Å². The lowest BCUT2D eigenvalue weighted by Gasteiger charge is -2.10. The van der Waals surface area contributed by atoms with E-state index in [1.54, 1.807) is 44.2 Å². The number of carbonyl (C=O) groups is 1. The highest BCUT2D eigenvalue weighted by atomic mass is 32.2. The molecule has 0 spiro atoms. The minimum absolute atomic E-state index is 0.153.